The number of H-pyrrole nitrogens is 1. The number of aromatic amines is 1. The molecule has 3 rings (SSSR count). The zero-order valence-electron chi connectivity index (χ0n) is 14.7. The van der Waals surface area contributed by atoms with Gasteiger partial charge >= 0.3 is 5.69 Å². The molecule has 7 heteroatoms. The van der Waals surface area contributed by atoms with Gasteiger partial charge in [0.1, 0.15) is 17.2 Å². The third-order valence-corrected chi connectivity index (χ3v) is 4.05. The lowest BCUT2D eigenvalue weighted by molar-refractivity contribution is 0.0948. The topological polar surface area (TPSA) is 104 Å². The lowest BCUT2D eigenvalue weighted by atomic mass is 10.1. The zero-order valence-corrected chi connectivity index (χ0v) is 14.7. The van der Waals surface area contributed by atoms with Gasteiger partial charge in [-0.15, -0.1) is 0 Å². The van der Waals surface area contributed by atoms with E-state index in [1.165, 1.54) is 6.07 Å². The van der Waals surface area contributed by atoms with E-state index in [1.54, 1.807) is 49.6 Å². The quantitative estimate of drug-likeness (QED) is 0.621. The molecule has 0 aliphatic carbocycles. The molecule has 138 valence electrons. The van der Waals surface area contributed by atoms with Crippen LogP contribution in [0.3, 0.4) is 0 Å². The molecule has 0 atom stereocenters. The van der Waals surface area contributed by atoms with E-state index in [9.17, 15) is 14.7 Å². The van der Waals surface area contributed by atoms with E-state index in [2.05, 4.69) is 15.3 Å². The number of phenols is 1. The van der Waals surface area contributed by atoms with Gasteiger partial charge in [0, 0.05) is 12.1 Å². The van der Waals surface area contributed by atoms with Crippen LogP contribution in [0.25, 0.3) is 11.3 Å². The number of carbonyl (C=O) groups is 1. The Balaban J connectivity index is 1.72. The summed E-state index contributed by atoms with van der Waals surface area (Å²) in [5, 5.41) is 12.5. The van der Waals surface area contributed by atoms with Crippen LogP contribution in [-0.4, -0.2) is 34.6 Å². The Hall–Kier alpha value is -3.61. The first-order valence-electron chi connectivity index (χ1n) is 8.37. The number of ether oxygens (including phenoxy) is 1. The van der Waals surface area contributed by atoms with E-state index < -0.39 is 11.6 Å². The third-order valence-electron chi connectivity index (χ3n) is 4.05. The maximum absolute atomic E-state index is 12.4. The molecule has 1 amide bonds. The highest BCUT2D eigenvalue weighted by Crippen LogP contribution is 2.20. The molecule has 2 aromatic carbocycles. The van der Waals surface area contributed by atoms with Crippen LogP contribution in [-0.2, 0) is 6.42 Å². The summed E-state index contributed by atoms with van der Waals surface area (Å²) >= 11 is 0. The highest BCUT2D eigenvalue weighted by molar-refractivity contribution is 5.93. The summed E-state index contributed by atoms with van der Waals surface area (Å²) in [7, 11) is 1.57. The van der Waals surface area contributed by atoms with Crippen LogP contribution in [0.4, 0.5) is 0 Å². The number of amides is 1. The van der Waals surface area contributed by atoms with Crippen molar-refractivity contribution in [3.63, 3.8) is 0 Å². The van der Waals surface area contributed by atoms with E-state index in [4.69, 9.17) is 4.74 Å². The minimum absolute atomic E-state index is 0.123. The SMILES string of the molecule is COc1ccc(-c2cc(C(=O)NCCc3ccccc3O)[nH]c(=O)n2)cc1. The number of para-hydroxylation sites is 1. The predicted molar refractivity (Wildman–Crippen MR) is 101 cm³/mol. The first-order chi connectivity index (χ1) is 13.1. The van der Waals surface area contributed by atoms with E-state index in [1.807, 2.05) is 6.07 Å². The molecule has 0 unspecified atom stereocenters. The van der Waals surface area contributed by atoms with E-state index >= 15 is 0 Å². The molecule has 0 radical (unpaired) electrons. The van der Waals surface area contributed by atoms with Gasteiger partial charge in [-0.2, -0.15) is 4.98 Å². The molecule has 1 aromatic heterocycles. The lowest BCUT2D eigenvalue weighted by Gasteiger charge is -2.08. The summed E-state index contributed by atoms with van der Waals surface area (Å²) in [5.41, 5.74) is 1.35. The number of benzene rings is 2. The van der Waals surface area contributed by atoms with Crippen LogP contribution < -0.4 is 15.7 Å². The molecule has 7 nitrogen and oxygen atoms in total. The molecule has 0 aliphatic heterocycles. The van der Waals surface area contributed by atoms with Gasteiger partial charge in [-0.3, -0.25) is 4.79 Å². The minimum Gasteiger partial charge on any atom is -0.508 e. The average Bonchev–Trinajstić information content (AvgIpc) is 2.69. The Bertz CT molecular complexity index is 997. The molecular weight excluding hydrogens is 346 g/mol. The summed E-state index contributed by atoms with van der Waals surface area (Å²) in [6.07, 6.45) is 0.471. The Morgan fingerprint density at radius 1 is 1.19 bits per heavy atom. The molecule has 3 N–H and O–H groups in total. The van der Waals surface area contributed by atoms with Crippen LogP contribution in [0, 0.1) is 0 Å². The maximum Gasteiger partial charge on any atom is 0.346 e. The monoisotopic (exact) mass is 365 g/mol. The van der Waals surface area contributed by atoms with Crippen molar-refractivity contribution in [2.24, 2.45) is 0 Å². The largest absolute Gasteiger partial charge is 0.508 e. The molecule has 0 spiro atoms. The molecule has 3 aromatic rings. The summed E-state index contributed by atoms with van der Waals surface area (Å²) in [6.45, 7) is 0.318. The summed E-state index contributed by atoms with van der Waals surface area (Å²) in [4.78, 5) is 30.6. The van der Waals surface area contributed by atoms with Crippen molar-refractivity contribution >= 4 is 5.91 Å². The number of phenolic OH excluding ortho intramolecular Hbond substituents is 1. The summed E-state index contributed by atoms with van der Waals surface area (Å²) in [5.74, 6) is 0.455. The van der Waals surface area contributed by atoms with Crippen molar-refractivity contribution in [2.75, 3.05) is 13.7 Å². The van der Waals surface area contributed by atoms with Gasteiger partial charge < -0.3 is 20.1 Å². The van der Waals surface area contributed by atoms with Crippen molar-refractivity contribution in [3.8, 4) is 22.8 Å². The smallest absolute Gasteiger partial charge is 0.346 e. The summed E-state index contributed by atoms with van der Waals surface area (Å²) in [6, 6.07) is 15.5. The van der Waals surface area contributed by atoms with Crippen LogP contribution in [0.2, 0.25) is 0 Å². The fraction of sp³-hybridized carbons (Fsp3) is 0.150. The van der Waals surface area contributed by atoms with Gasteiger partial charge in [-0.1, -0.05) is 18.2 Å². The molecule has 0 saturated heterocycles. The fourth-order valence-electron chi connectivity index (χ4n) is 2.62. The maximum atomic E-state index is 12.4. The van der Waals surface area contributed by atoms with Gasteiger partial charge in [-0.25, -0.2) is 4.79 Å². The average molecular weight is 365 g/mol. The van der Waals surface area contributed by atoms with Gasteiger partial charge in [0.05, 0.1) is 12.8 Å². The molecule has 0 aliphatic rings. The number of nitrogens with zero attached hydrogens (tertiary/aromatic N) is 1. The van der Waals surface area contributed by atoms with Crippen molar-refractivity contribution in [1.82, 2.24) is 15.3 Å². The summed E-state index contributed by atoms with van der Waals surface area (Å²) < 4.78 is 5.11. The number of nitrogens with one attached hydrogen (secondary N) is 2. The highest BCUT2D eigenvalue weighted by atomic mass is 16.5. The number of hydrogen-bond donors (Lipinski definition) is 3. The Morgan fingerprint density at radius 3 is 2.63 bits per heavy atom. The van der Waals surface area contributed by atoms with Gasteiger partial charge in [0.15, 0.2) is 0 Å². The number of rotatable bonds is 6. The normalized spacial score (nSPS) is 10.4. The third kappa shape index (κ3) is 4.52. The first-order valence-corrected chi connectivity index (χ1v) is 8.37. The molecule has 27 heavy (non-hydrogen) atoms. The number of aromatic nitrogens is 2. The van der Waals surface area contributed by atoms with Crippen molar-refractivity contribution in [2.45, 2.75) is 6.42 Å². The van der Waals surface area contributed by atoms with E-state index in [0.717, 1.165) is 5.56 Å². The number of carbonyl (C=O) groups excluding carboxylic acids is 1. The molecular formula is C20H19N3O4. The molecule has 0 saturated carbocycles. The van der Waals surface area contributed by atoms with Crippen LogP contribution >= 0.6 is 0 Å². The van der Waals surface area contributed by atoms with Gasteiger partial charge in [0.2, 0.25) is 0 Å². The van der Waals surface area contributed by atoms with Gasteiger partial charge in [-0.05, 0) is 48.4 Å². The standard InChI is InChI=1S/C20H19N3O4/c1-27-15-8-6-13(7-9-15)16-12-17(23-20(26)22-16)19(25)21-11-10-14-4-2-3-5-18(14)24/h2-9,12,24H,10-11H2,1H3,(H,21,25)(H,22,23,26). The van der Waals surface area contributed by atoms with Crippen LogP contribution in [0.1, 0.15) is 16.1 Å². The second kappa shape index (κ2) is 8.18. The van der Waals surface area contributed by atoms with Crippen molar-refractivity contribution in [3.05, 3.63) is 76.3 Å². The Morgan fingerprint density at radius 2 is 1.93 bits per heavy atom. The Kier molecular flexibility index (Phi) is 5.51. The fourth-order valence-corrected chi connectivity index (χ4v) is 2.62. The molecule has 0 bridgehead atoms. The first kappa shape index (κ1) is 18.2. The van der Waals surface area contributed by atoms with E-state index in [-0.39, 0.29) is 11.4 Å². The lowest BCUT2D eigenvalue weighted by Crippen LogP contribution is -2.29. The number of aromatic hydroxyl groups is 1. The zero-order chi connectivity index (χ0) is 19.2. The van der Waals surface area contributed by atoms with E-state index in [0.29, 0.717) is 30.0 Å². The predicted octanol–water partition coefficient (Wildman–Crippen LogP) is 2.12. The van der Waals surface area contributed by atoms with Gasteiger partial charge in [0.25, 0.3) is 5.91 Å². The Labute approximate surface area is 155 Å². The van der Waals surface area contributed by atoms with Crippen molar-refractivity contribution in [1.29, 1.82) is 0 Å². The molecule has 0 fully saturated rings. The highest BCUT2D eigenvalue weighted by Gasteiger charge is 2.11. The number of hydrogen-bond acceptors (Lipinski definition) is 5. The van der Waals surface area contributed by atoms with Crippen molar-refractivity contribution < 1.29 is 14.6 Å². The second-order valence-corrected chi connectivity index (χ2v) is 5.85. The minimum atomic E-state index is -0.603. The second-order valence-electron chi connectivity index (χ2n) is 5.85. The molecule has 1 heterocycles. The van der Waals surface area contributed by atoms with Crippen LogP contribution in [0.5, 0.6) is 11.5 Å². The number of methoxy groups -OCH3 is 1. The van der Waals surface area contributed by atoms with Crippen LogP contribution in [0.15, 0.2) is 59.4 Å².